The minimum Gasteiger partial charge on any atom is -0.0655 e. The second-order valence-electron chi connectivity index (χ2n) is 9.18. The molecule has 0 saturated carbocycles. The van der Waals surface area contributed by atoms with E-state index in [1.165, 1.54) is 51.4 Å². The third-order valence-corrected chi connectivity index (χ3v) is 7.38. The highest BCUT2D eigenvalue weighted by Crippen LogP contribution is 2.46. The Labute approximate surface area is 148 Å². The molecule has 130 valence electrons. The lowest BCUT2D eigenvalue weighted by Crippen LogP contribution is -2.12. The van der Waals surface area contributed by atoms with Gasteiger partial charge in [0.2, 0.25) is 0 Å². The Morgan fingerprint density at radius 3 is 1.38 bits per heavy atom. The Balaban J connectivity index is 1.38. The molecular weight excluding hydrogens is 288 g/mol. The molecule has 0 nitrogen and oxygen atoms in total. The SMILES string of the molecule is CC1CCC(C)C2=C1C=C(CCC1=CC3=C(C1)C(C)CCC3C)C2. The fourth-order valence-electron chi connectivity index (χ4n) is 5.56. The van der Waals surface area contributed by atoms with Crippen molar-refractivity contribution in [3.63, 3.8) is 0 Å². The van der Waals surface area contributed by atoms with Crippen LogP contribution in [0.15, 0.2) is 45.6 Å². The highest BCUT2D eigenvalue weighted by Gasteiger charge is 2.30. The van der Waals surface area contributed by atoms with Gasteiger partial charge in [0, 0.05) is 0 Å². The fraction of sp³-hybridized carbons (Fsp3) is 0.667. The first-order chi connectivity index (χ1) is 11.5. The van der Waals surface area contributed by atoms with Crippen molar-refractivity contribution in [3.8, 4) is 0 Å². The van der Waals surface area contributed by atoms with Crippen LogP contribution in [0.3, 0.4) is 0 Å². The van der Waals surface area contributed by atoms with E-state index in [-0.39, 0.29) is 0 Å². The zero-order valence-corrected chi connectivity index (χ0v) is 16.1. The van der Waals surface area contributed by atoms with Crippen LogP contribution in [0.2, 0.25) is 0 Å². The van der Waals surface area contributed by atoms with E-state index in [4.69, 9.17) is 0 Å². The van der Waals surface area contributed by atoms with E-state index in [0.29, 0.717) is 0 Å². The molecule has 0 aliphatic heterocycles. The van der Waals surface area contributed by atoms with E-state index in [0.717, 1.165) is 23.7 Å². The van der Waals surface area contributed by atoms with Crippen molar-refractivity contribution < 1.29 is 0 Å². The van der Waals surface area contributed by atoms with Crippen molar-refractivity contribution in [1.82, 2.24) is 0 Å². The molecule has 0 fully saturated rings. The number of hydrogen-bond acceptors (Lipinski definition) is 0. The Kier molecular flexibility index (Phi) is 4.35. The van der Waals surface area contributed by atoms with Gasteiger partial charge in [-0.1, -0.05) is 62.1 Å². The van der Waals surface area contributed by atoms with Gasteiger partial charge in [0.15, 0.2) is 0 Å². The highest BCUT2D eigenvalue weighted by atomic mass is 14.3. The summed E-state index contributed by atoms with van der Waals surface area (Å²) < 4.78 is 0. The lowest BCUT2D eigenvalue weighted by Gasteiger charge is -2.26. The topological polar surface area (TPSA) is 0 Å². The fourth-order valence-corrected chi connectivity index (χ4v) is 5.56. The molecule has 0 aromatic heterocycles. The minimum atomic E-state index is 0.801. The van der Waals surface area contributed by atoms with Crippen molar-refractivity contribution in [1.29, 1.82) is 0 Å². The zero-order chi connectivity index (χ0) is 16.8. The maximum absolute atomic E-state index is 2.59. The normalized spacial score (nSPS) is 35.8. The average Bonchev–Trinajstić information content (AvgIpc) is 3.18. The third-order valence-electron chi connectivity index (χ3n) is 7.38. The van der Waals surface area contributed by atoms with Crippen LogP contribution in [0.25, 0.3) is 0 Å². The number of allylic oxidation sites excluding steroid dienone is 8. The van der Waals surface area contributed by atoms with Crippen LogP contribution < -0.4 is 0 Å². The Morgan fingerprint density at radius 1 is 0.625 bits per heavy atom. The molecule has 0 heteroatoms. The van der Waals surface area contributed by atoms with Crippen molar-refractivity contribution in [2.45, 2.75) is 79.1 Å². The first-order valence-electron chi connectivity index (χ1n) is 10.4. The summed E-state index contributed by atoms with van der Waals surface area (Å²) in [5.74, 6) is 3.25. The molecule has 4 atom stereocenters. The summed E-state index contributed by atoms with van der Waals surface area (Å²) in [6.45, 7) is 9.75. The number of rotatable bonds is 3. The predicted octanol–water partition coefficient (Wildman–Crippen LogP) is 7.15. The summed E-state index contributed by atoms with van der Waals surface area (Å²) in [6.07, 6.45) is 15.9. The maximum atomic E-state index is 2.59. The largest absolute Gasteiger partial charge is 0.0655 e. The van der Waals surface area contributed by atoms with Crippen LogP contribution in [0, 0.1) is 23.7 Å². The molecule has 0 radical (unpaired) electrons. The standard InChI is InChI=1S/C24H34/c1-15-5-6-16(2)22-12-19(11-21(15)22)9-10-20-13-23-17(3)7-8-18(4)24(23)14-20/h11,13,15-18H,5-10,12,14H2,1-4H3. The monoisotopic (exact) mass is 322 g/mol. The second-order valence-corrected chi connectivity index (χ2v) is 9.18. The van der Waals surface area contributed by atoms with Crippen LogP contribution in [-0.4, -0.2) is 0 Å². The van der Waals surface area contributed by atoms with Crippen LogP contribution in [0.5, 0.6) is 0 Å². The molecular formula is C24H34. The van der Waals surface area contributed by atoms with Gasteiger partial charge in [-0.25, -0.2) is 0 Å². The van der Waals surface area contributed by atoms with Crippen molar-refractivity contribution in [2.24, 2.45) is 23.7 Å². The van der Waals surface area contributed by atoms with E-state index in [2.05, 4.69) is 39.8 Å². The second kappa shape index (κ2) is 6.36. The van der Waals surface area contributed by atoms with Gasteiger partial charge in [0.05, 0.1) is 0 Å². The highest BCUT2D eigenvalue weighted by molar-refractivity contribution is 5.45. The van der Waals surface area contributed by atoms with E-state index in [1.807, 2.05) is 0 Å². The molecule has 4 aliphatic carbocycles. The molecule has 0 spiro atoms. The molecule has 0 aromatic carbocycles. The van der Waals surface area contributed by atoms with Gasteiger partial charge in [0.25, 0.3) is 0 Å². The van der Waals surface area contributed by atoms with Crippen LogP contribution in [0.1, 0.15) is 79.1 Å². The molecule has 4 rings (SSSR count). The van der Waals surface area contributed by atoms with Crippen molar-refractivity contribution in [3.05, 3.63) is 45.6 Å². The summed E-state index contributed by atoms with van der Waals surface area (Å²) in [5.41, 5.74) is 10.4. The summed E-state index contributed by atoms with van der Waals surface area (Å²) in [7, 11) is 0. The van der Waals surface area contributed by atoms with Gasteiger partial charge in [-0.3, -0.25) is 0 Å². The third kappa shape index (κ3) is 2.87. The molecule has 0 bridgehead atoms. The van der Waals surface area contributed by atoms with Crippen molar-refractivity contribution in [2.75, 3.05) is 0 Å². The summed E-state index contributed by atoms with van der Waals surface area (Å²) in [5, 5.41) is 0. The maximum Gasteiger partial charge on any atom is -0.00965 e. The van der Waals surface area contributed by atoms with E-state index in [9.17, 15) is 0 Å². The van der Waals surface area contributed by atoms with Crippen molar-refractivity contribution >= 4 is 0 Å². The molecule has 0 heterocycles. The molecule has 0 saturated heterocycles. The molecule has 0 amide bonds. The van der Waals surface area contributed by atoms with Gasteiger partial charge in [0.1, 0.15) is 0 Å². The van der Waals surface area contributed by atoms with E-state index < -0.39 is 0 Å². The molecule has 24 heavy (non-hydrogen) atoms. The quantitative estimate of drug-likeness (QED) is 0.517. The molecule has 0 aromatic rings. The molecule has 4 unspecified atom stereocenters. The van der Waals surface area contributed by atoms with Gasteiger partial charge >= 0.3 is 0 Å². The lowest BCUT2D eigenvalue weighted by molar-refractivity contribution is 0.461. The first-order valence-corrected chi connectivity index (χ1v) is 10.4. The zero-order valence-electron chi connectivity index (χ0n) is 16.1. The van der Waals surface area contributed by atoms with E-state index in [1.54, 1.807) is 33.4 Å². The lowest BCUT2D eigenvalue weighted by atomic mass is 9.79. The Bertz CT molecular complexity index is 594. The van der Waals surface area contributed by atoms with Gasteiger partial charge < -0.3 is 0 Å². The molecule has 0 N–H and O–H groups in total. The molecule has 4 aliphatic rings. The van der Waals surface area contributed by atoms with Gasteiger partial charge in [-0.15, -0.1) is 0 Å². The Morgan fingerprint density at radius 2 is 1.00 bits per heavy atom. The van der Waals surface area contributed by atoms with Gasteiger partial charge in [-0.05, 0) is 86.2 Å². The number of hydrogen-bond donors (Lipinski definition) is 0. The van der Waals surface area contributed by atoms with Crippen LogP contribution in [0.4, 0.5) is 0 Å². The van der Waals surface area contributed by atoms with Gasteiger partial charge in [-0.2, -0.15) is 0 Å². The first kappa shape index (κ1) is 16.4. The van der Waals surface area contributed by atoms with Crippen LogP contribution in [-0.2, 0) is 0 Å². The smallest absolute Gasteiger partial charge is 0.00965 e. The minimum absolute atomic E-state index is 0.801. The average molecular weight is 323 g/mol. The Hall–Kier alpha value is -1.04. The summed E-state index contributed by atoms with van der Waals surface area (Å²) in [6, 6.07) is 0. The van der Waals surface area contributed by atoms with E-state index >= 15 is 0 Å². The van der Waals surface area contributed by atoms with Crippen LogP contribution >= 0.6 is 0 Å². The summed E-state index contributed by atoms with van der Waals surface area (Å²) >= 11 is 0. The predicted molar refractivity (Wildman–Crippen MR) is 104 cm³/mol. The summed E-state index contributed by atoms with van der Waals surface area (Å²) in [4.78, 5) is 0.